The van der Waals surface area contributed by atoms with E-state index in [1.165, 1.54) is 12.4 Å². The molecule has 0 radical (unpaired) electrons. The van der Waals surface area contributed by atoms with Gasteiger partial charge in [-0.3, -0.25) is 4.98 Å². The fourth-order valence-electron chi connectivity index (χ4n) is 1.51. The molecule has 0 aliphatic heterocycles. The lowest BCUT2D eigenvalue weighted by molar-refractivity contribution is -0.139. The van der Waals surface area contributed by atoms with Gasteiger partial charge in [-0.1, -0.05) is 34.6 Å². The van der Waals surface area contributed by atoms with Gasteiger partial charge in [0.05, 0.1) is 17.4 Å². The molecule has 130 valence electrons. The van der Waals surface area contributed by atoms with Crippen molar-refractivity contribution in [3.8, 4) is 0 Å². The first kappa shape index (κ1) is 21.5. The molecule has 0 atom stereocenters. The lowest BCUT2D eigenvalue weighted by Crippen LogP contribution is -2.16. The maximum absolute atomic E-state index is 12.2. The average molecular weight is 347 g/mol. The number of hydrogen-bond donors (Lipinski definition) is 2. The van der Waals surface area contributed by atoms with E-state index in [9.17, 15) is 13.2 Å². The van der Waals surface area contributed by atoms with Crippen LogP contribution >= 0.6 is 12.6 Å². The molecular weight excluding hydrogens is 323 g/mol. The molecule has 0 unspecified atom stereocenters. The molecule has 0 aliphatic rings. The van der Waals surface area contributed by atoms with E-state index in [4.69, 9.17) is 5.41 Å². The van der Waals surface area contributed by atoms with Crippen LogP contribution < -0.4 is 0 Å². The SMILES string of the molecule is CC.CC(C)(C)S.N=Cc1cc2ccn(CC(F)(F)F)c2cn1. The summed E-state index contributed by atoms with van der Waals surface area (Å²) < 4.78 is 37.9. The van der Waals surface area contributed by atoms with E-state index in [-0.39, 0.29) is 4.75 Å². The van der Waals surface area contributed by atoms with Crippen LogP contribution in [0.25, 0.3) is 10.9 Å². The van der Waals surface area contributed by atoms with Crippen molar-refractivity contribution in [2.45, 2.75) is 52.1 Å². The minimum Gasteiger partial charge on any atom is -0.337 e. The van der Waals surface area contributed by atoms with Crippen LogP contribution in [0.5, 0.6) is 0 Å². The first-order valence-electron chi connectivity index (χ1n) is 7.24. The summed E-state index contributed by atoms with van der Waals surface area (Å²) in [7, 11) is 0. The molecule has 23 heavy (non-hydrogen) atoms. The predicted octanol–water partition coefficient (Wildman–Crippen LogP) is 5.34. The molecule has 2 heterocycles. The number of fused-ring (bicyclic) bond motifs is 1. The Labute approximate surface area is 140 Å². The first-order chi connectivity index (χ1) is 10.5. The molecule has 2 aromatic rings. The van der Waals surface area contributed by atoms with E-state index in [0.29, 0.717) is 16.6 Å². The molecule has 0 saturated heterocycles. The zero-order valence-electron chi connectivity index (χ0n) is 14.1. The second-order valence-electron chi connectivity index (χ2n) is 5.54. The van der Waals surface area contributed by atoms with Crippen molar-refractivity contribution < 1.29 is 13.2 Å². The second kappa shape index (κ2) is 8.96. The predicted molar refractivity (Wildman–Crippen MR) is 93.8 cm³/mol. The molecule has 3 nitrogen and oxygen atoms in total. The van der Waals surface area contributed by atoms with Crippen molar-refractivity contribution >= 4 is 29.7 Å². The Morgan fingerprint density at radius 2 is 1.78 bits per heavy atom. The third kappa shape index (κ3) is 9.28. The summed E-state index contributed by atoms with van der Waals surface area (Å²) in [6, 6.07) is 3.16. The van der Waals surface area contributed by atoms with Gasteiger partial charge in [0.25, 0.3) is 0 Å². The number of hydrogen-bond acceptors (Lipinski definition) is 3. The van der Waals surface area contributed by atoms with Gasteiger partial charge in [-0.15, -0.1) is 0 Å². The highest BCUT2D eigenvalue weighted by Crippen LogP contribution is 2.22. The standard InChI is InChI=1S/C10H8F3N3.C4H10S.C2H6/c11-10(12,13)6-16-2-1-7-3-8(4-14)15-5-9(7)16;1-4(2,3)5;1-2/h1-5,14H,6H2;5H,1-3H3;1-2H3. The van der Waals surface area contributed by atoms with Gasteiger partial charge in [-0.05, 0) is 12.1 Å². The summed E-state index contributed by atoms with van der Waals surface area (Å²) in [6.45, 7) is 9.13. The van der Waals surface area contributed by atoms with E-state index in [1.807, 2.05) is 13.8 Å². The Hall–Kier alpha value is -1.50. The topological polar surface area (TPSA) is 41.7 Å². The third-order valence-electron chi connectivity index (χ3n) is 2.18. The molecule has 0 saturated carbocycles. The molecule has 2 rings (SSSR count). The summed E-state index contributed by atoms with van der Waals surface area (Å²) in [5, 5.41) is 7.65. The lowest BCUT2D eigenvalue weighted by Gasteiger charge is -2.08. The highest BCUT2D eigenvalue weighted by atomic mass is 32.1. The minimum absolute atomic E-state index is 0.194. The van der Waals surface area contributed by atoms with Crippen LogP contribution in [0.15, 0.2) is 24.5 Å². The zero-order chi connectivity index (χ0) is 18.3. The van der Waals surface area contributed by atoms with Gasteiger partial charge < -0.3 is 9.98 Å². The molecule has 0 aliphatic carbocycles. The Kier molecular flexibility index (Phi) is 8.37. The van der Waals surface area contributed by atoms with Crippen molar-refractivity contribution in [2.24, 2.45) is 0 Å². The normalized spacial score (nSPS) is 11.2. The van der Waals surface area contributed by atoms with E-state index >= 15 is 0 Å². The van der Waals surface area contributed by atoms with Crippen molar-refractivity contribution in [3.05, 3.63) is 30.2 Å². The molecule has 7 heteroatoms. The van der Waals surface area contributed by atoms with Crippen LogP contribution in [0.2, 0.25) is 0 Å². The van der Waals surface area contributed by atoms with Crippen molar-refractivity contribution in [1.29, 1.82) is 5.41 Å². The van der Waals surface area contributed by atoms with E-state index in [0.717, 1.165) is 10.8 Å². The number of nitrogens with one attached hydrogen (secondary N) is 1. The molecule has 0 amide bonds. The Balaban J connectivity index is 0.000000594. The number of alkyl halides is 3. The number of rotatable bonds is 2. The Morgan fingerprint density at radius 3 is 2.22 bits per heavy atom. The summed E-state index contributed by atoms with van der Waals surface area (Å²) in [5.74, 6) is 0. The summed E-state index contributed by atoms with van der Waals surface area (Å²) >= 11 is 4.12. The van der Waals surface area contributed by atoms with Gasteiger partial charge in [0.2, 0.25) is 0 Å². The van der Waals surface area contributed by atoms with E-state index in [1.54, 1.807) is 12.1 Å². The lowest BCUT2D eigenvalue weighted by atomic mass is 10.3. The van der Waals surface area contributed by atoms with Gasteiger partial charge in [-0.2, -0.15) is 25.8 Å². The molecular formula is C16H24F3N3S. The van der Waals surface area contributed by atoms with Crippen LogP contribution in [0, 0.1) is 5.41 Å². The molecule has 0 fully saturated rings. The highest BCUT2D eigenvalue weighted by Gasteiger charge is 2.28. The van der Waals surface area contributed by atoms with Crippen LogP contribution in [-0.4, -0.2) is 26.7 Å². The second-order valence-corrected chi connectivity index (χ2v) is 6.88. The Bertz CT molecular complexity index is 607. The maximum atomic E-state index is 12.2. The minimum atomic E-state index is -4.24. The van der Waals surface area contributed by atoms with Crippen LogP contribution in [0.3, 0.4) is 0 Å². The molecule has 0 bridgehead atoms. The monoisotopic (exact) mass is 347 g/mol. The van der Waals surface area contributed by atoms with Gasteiger partial charge in [-0.25, -0.2) is 0 Å². The van der Waals surface area contributed by atoms with E-state index in [2.05, 4.69) is 38.4 Å². The summed E-state index contributed by atoms with van der Waals surface area (Å²) in [6.07, 6.45) is -0.471. The van der Waals surface area contributed by atoms with Crippen LogP contribution in [-0.2, 0) is 6.54 Å². The average Bonchev–Trinajstić information content (AvgIpc) is 2.79. The van der Waals surface area contributed by atoms with E-state index < -0.39 is 12.7 Å². The Morgan fingerprint density at radius 1 is 1.26 bits per heavy atom. The largest absolute Gasteiger partial charge is 0.406 e. The van der Waals surface area contributed by atoms with Gasteiger partial charge in [0.15, 0.2) is 0 Å². The highest BCUT2D eigenvalue weighted by molar-refractivity contribution is 7.81. The number of nitrogens with zero attached hydrogens (tertiary/aromatic N) is 2. The maximum Gasteiger partial charge on any atom is 0.406 e. The zero-order valence-corrected chi connectivity index (χ0v) is 15.0. The van der Waals surface area contributed by atoms with Crippen LogP contribution in [0.1, 0.15) is 40.3 Å². The van der Waals surface area contributed by atoms with Gasteiger partial charge in [0.1, 0.15) is 6.54 Å². The number of pyridine rings is 1. The summed E-state index contributed by atoms with van der Waals surface area (Å²) in [4.78, 5) is 3.86. The van der Waals surface area contributed by atoms with Gasteiger partial charge >= 0.3 is 6.18 Å². The first-order valence-corrected chi connectivity index (χ1v) is 7.69. The van der Waals surface area contributed by atoms with Gasteiger partial charge in [0, 0.05) is 22.5 Å². The number of thiol groups is 1. The molecule has 0 aromatic carbocycles. The van der Waals surface area contributed by atoms with Crippen molar-refractivity contribution in [1.82, 2.24) is 9.55 Å². The van der Waals surface area contributed by atoms with Crippen molar-refractivity contribution in [2.75, 3.05) is 0 Å². The van der Waals surface area contributed by atoms with Crippen LogP contribution in [0.4, 0.5) is 13.2 Å². The fourth-order valence-corrected chi connectivity index (χ4v) is 1.51. The summed E-state index contributed by atoms with van der Waals surface area (Å²) in [5.41, 5.74) is 0.847. The number of halogens is 3. The third-order valence-corrected chi connectivity index (χ3v) is 2.18. The molecule has 0 spiro atoms. The fraction of sp³-hybridized carbons (Fsp3) is 0.500. The quantitative estimate of drug-likeness (QED) is 0.559. The smallest absolute Gasteiger partial charge is 0.337 e. The molecule has 1 N–H and O–H groups in total. The van der Waals surface area contributed by atoms with Crippen molar-refractivity contribution in [3.63, 3.8) is 0 Å². The number of aromatic nitrogens is 2. The molecule has 2 aromatic heterocycles.